The Morgan fingerprint density at radius 3 is 2.59 bits per heavy atom. The summed E-state index contributed by atoms with van der Waals surface area (Å²) in [7, 11) is 1.82. The quantitative estimate of drug-likeness (QED) is 0.683. The summed E-state index contributed by atoms with van der Waals surface area (Å²) in [6.07, 6.45) is 1.48. The molecule has 4 nitrogen and oxygen atoms in total. The molecule has 1 aliphatic carbocycles. The van der Waals surface area contributed by atoms with Gasteiger partial charge in [0.25, 0.3) is 0 Å². The van der Waals surface area contributed by atoms with Gasteiger partial charge in [0.1, 0.15) is 5.69 Å². The average Bonchev–Trinajstić information content (AvgIpc) is 2.91. The second-order valence-corrected chi connectivity index (χ2v) is 4.83. The van der Waals surface area contributed by atoms with Crippen LogP contribution in [0.2, 0.25) is 0 Å². The van der Waals surface area contributed by atoms with Gasteiger partial charge in [0.15, 0.2) is 0 Å². The van der Waals surface area contributed by atoms with Crippen molar-refractivity contribution < 1.29 is 9.59 Å². The van der Waals surface area contributed by atoms with Crippen molar-refractivity contribution in [2.45, 2.75) is 19.9 Å². The first-order valence-electron chi connectivity index (χ1n) is 5.74. The highest BCUT2D eigenvalue weighted by atomic mass is 16.1. The summed E-state index contributed by atoms with van der Waals surface area (Å²) in [4.78, 5) is 26.3. The van der Waals surface area contributed by atoms with Crippen LogP contribution < -0.4 is 0 Å². The molecule has 17 heavy (non-hydrogen) atoms. The summed E-state index contributed by atoms with van der Waals surface area (Å²) in [6, 6.07) is 2.18. The van der Waals surface area contributed by atoms with Crippen LogP contribution in [0.15, 0.2) is 17.8 Å². The van der Waals surface area contributed by atoms with E-state index >= 15 is 0 Å². The number of nitrogens with zero attached hydrogens (tertiary/aromatic N) is 2. The Bertz CT molecular complexity index is 580. The van der Waals surface area contributed by atoms with Gasteiger partial charge in [-0.25, -0.2) is 0 Å². The largest absolute Gasteiger partial charge is 0.362 e. The van der Waals surface area contributed by atoms with E-state index in [2.05, 4.69) is 0 Å². The molecule has 1 atom stereocenters. The van der Waals surface area contributed by atoms with Gasteiger partial charge in [0.2, 0.25) is 11.6 Å². The molecule has 3 rings (SSSR count). The van der Waals surface area contributed by atoms with E-state index in [0.717, 1.165) is 12.2 Å². The maximum absolute atomic E-state index is 12.3. The fraction of sp³-hybridized carbons (Fsp3) is 0.385. The molecule has 0 amide bonds. The maximum Gasteiger partial charge on any atom is 0.211 e. The number of Topliss-reactive ketones (excluding diaryl/α,β-unsaturated/α-hetero) is 1. The van der Waals surface area contributed by atoms with E-state index in [1.807, 2.05) is 25.8 Å². The van der Waals surface area contributed by atoms with Crippen molar-refractivity contribution in [2.24, 2.45) is 7.05 Å². The lowest BCUT2D eigenvalue weighted by molar-refractivity contribution is 0.0965. The van der Waals surface area contributed by atoms with Gasteiger partial charge in [-0.3, -0.25) is 9.59 Å². The molecule has 1 aromatic heterocycles. The van der Waals surface area contributed by atoms with Crippen molar-refractivity contribution in [3.63, 3.8) is 0 Å². The van der Waals surface area contributed by atoms with Crippen molar-refractivity contribution in [1.29, 1.82) is 0 Å². The first-order valence-corrected chi connectivity index (χ1v) is 5.74. The fourth-order valence-corrected chi connectivity index (χ4v) is 2.38. The van der Waals surface area contributed by atoms with Crippen LogP contribution in [0.1, 0.15) is 33.5 Å². The van der Waals surface area contributed by atoms with Crippen LogP contribution in [-0.2, 0) is 7.05 Å². The zero-order chi connectivity index (χ0) is 12.3. The molecule has 1 unspecified atom stereocenters. The van der Waals surface area contributed by atoms with Crippen LogP contribution in [0.4, 0.5) is 0 Å². The Labute approximate surface area is 99.5 Å². The van der Waals surface area contributed by atoms with Crippen LogP contribution in [0.3, 0.4) is 0 Å². The lowest BCUT2D eigenvalue weighted by Crippen LogP contribution is -2.22. The maximum atomic E-state index is 12.3. The summed E-state index contributed by atoms with van der Waals surface area (Å²) in [5, 5.41) is 0. The van der Waals surface area contributed by atoms with Crippen LogP contribution >= 0.6 is 0 Å². The van der Waals surface area contributed by atoms with Crippen molar-refractivity contribution in [2.75, 3.05) is 6.54 Å². The number of hydrogen-bond acceptors (Lipinski definition) is 3. The summed E-state index contributed by atoms with van der Waals surface area (Å²) >= 11 is 0. The standard InChI is InChI=1S/C13H14N2O2/c1-7-4-9-12(14(7)3)11(16)5-10(13(9)17)15-6-8(15)2/h4-5,8H,6H2,1-3H3. The molecule has 1 saturated heterocycles. The number of aryl methyl sites for hydroxylation is 1. The normalized spacial score (nSPS) is 22.6. The van der Waals surface area contributed by atoms with E-state index in [1.54, 1.807) is 10.6 Å². The van der Waals surface area contributed by atoms with Gasteiger partial charge in [0, 0.05) is 31.4 Å². The molecule has 0 saturated carbocycles. The first-order chi connectivity index (χ1) is 8.00. The minimum absolute atomic E-state index is 0.0207. The van der Waals surface area contributed by atoms with Crippen LogP contribution in [0, 0.1) is 6.92 Å². The molecule has 88 valence electrons. The van der Waals surface area contributed by atoms with Gasteiger partial charge in [-0.15, -0.1) is 0 Å². The summed E-state index contributed by atoms with van der Waals surface area (Å²) in [5.74, 6) is -0.0862. The fourth-order valence-electron chi connectivity index (χ4n) is 2.38. The van der Waals surface area contributed by atoms with Crippen LogP contribution in [-0.4, -0.2) is 33.6 Å². The van der Waals surface area contributed by atoms with E-state index in [1.165, 1.54) is 6.08 Å². The second kappa shape index (κ2) is 3.09. The van der Waals surface area contributed by atoms with E-state index in [0.29, 0.717) is 23.0 Å². The first kappa shape index (κ1) is 10.3. The zero-order valence-corrected chi connectivity index (χ0v) is 10.2. The van der Waals surface area contributed by atoms with Crippen LogP contribution in [0.5, 0.6) is 0 Å². The molecule has 0 radical (unpaired) electrons. The van der Waals surface area contributed by atoms with E-state index in [4.69, 9.17) is 0 Å². The van der Waals surface area contributed by atoms with Gasteiger partial charge in [-0.2, -0.15) is 0 Å². The number of aromatic nitrogens is 1. The summed E-state index contributed by atoms with van der Waals surface area (Å²) in [6.45, 7) is 4.81. The highest BCUT2D eigenvalue weighted by Gasteiger charge is 2.39. The number of hydrogen-bond donors (Lipinski definition) is 0. The van der Waals surface area contributed by atoms with Gasteiger partial charge in [-0.1, -0.05) is 0 Å². The van der Waals surface area contributed by atoms with Gasteiger partial charge in [0.05, 0.1) is 11.3 Å². The summed E-state index contributed by atoms with van der Waals surface area (Å²) in [5.41, 5.74) is 2.56. The van der Waals surface area contributed by atoms with Crippen molar-refractivity contribution in [3.8, 4) is 0 Å². The molecule has 1 fully saturated rings. The average molecular weight is 230 g/mol. The number of carbonyl (C=O) groups excluding carboxylic acids is 2. The molecule has 0 N–H and O–H groups in total. The topological polar surface area (TPSA) is 42.1 Å². The highest BCUT2D eigenvalue weighted by molar-refractivity contribution is 6.24. The van der Waals surface area contributed by atoms with Crippen LogP contribution in [0.25, 0.3) is 0 Å². The lowest BCUT2D eigenvalue weighted by Gasteiger charge is -2.14. The molecule has 0 spiro atoms. The van der Waals surface area contributed by atoms with Gasteiger partial charge in [-0.05, 0) is 19.9 Å². The molecule has 1 aromatic rings. The van der Waals surface area contributed by atoms with E-state index in [9.17, 15) is 9.59 Å². The number of fused-ring (bicyclic) bond motifs is 1. The number of rotatable bonds is 1. The monoisotopic (exact) mass is 230 g/mol. The molecular formula is C13H14N2O2. The predicted octanol–water partition coefficient (Wildman–Crippen LogP) is 1.30. The molecule has 2 aliphatic rings. The molecule has 0 bridgehead atoms. The van der Waals surface area contributed by atoms with Gasteiger partial charge < -0.3 is 9.47 Å². The SMILES string of the molecule is Cc1cc2c(n1C)C(=O)C=C(N1CC1C)C2=O. The Hall–Kier alpha value is -1.84. The minimum atomic E-state index is -0.0655. The Balaban J connectivity index is 2.12. The third-order valence-corrected chi connectivity index (χ3v) is 3.62. The third-order valence-electron chi connectivity index (χ3n) is 3.62. The molecular weight excluding hydrogens is 216 g/mol. The zero-order valence-electron chi connectivity index (χ0n) is 10.2. The second-order valence-electron chi connectivity index (χ2n) is 4.83. The number of carbonyl (C=O) groups is 2. The molecule has 1 aliphatic heterocycles. The minimum Gasteiger partial charge on any atom is -0.362 e. The Morgan fingerprint density at radius 1 is 1.35 bits per heavy atom. The summed E-state index contributed by atoms with van der Waals surface area (Å²) < 4.78 is 1.79. The van der Waals surface area contributed by atoms with Crippen molar-refractivity contribution >= 4 is 11.6 Å². The van der Waals surface area contributed by atoms with E-state index in [-0.39, 0.29) is 11.6 Å². The molecule has 2 heterocycles. The Morgan fingerprint density at radius 2 is 2.00 bits per heavy atom. The number of allylic oxidation sites excluding steroid dienone is 2. The number of ketones is 2. The Kier molecular flexibility index (Phi) is 1.88. The van der Waals surface area contributed by atoms with Crippen molar-refractivity contribution in [3.05, 3.63) is 34.8 Å². The predicted molar refractivity (Wildman–Crippen MR) is 63.1 cm³/mol. The smallest absolute Gasteiger partial charge is 0.211 e. The third kappa shape index (κ3) is 1.30. The van der Waals surface area contributed by atoms with E-state index < -0.39 is 0 Å². The highest BCUT2D eigenvalue weighted by Crippen LogP contribution is 2.31. The van der Waals surface area contributed by atoms with Crippen molar-refractivity contribution in [1.82, 2.24) is 9.47 Å². The lowest BCUT2D eigenvalue weighted by atomic mass is 9.99. The molecule has 0 aromatic carbocycles. The molecule has 4 heteroatoms. The van der Waals surface area contributed by atoms with Gasteiger partial charge >= 0.3 is 0 Å².